The highest BCUT2D eigenvalue weighted by Gasteiger charge is 2.66. The van der Waals surface area contributed by atoms with Crippen LogP contribution in [0.5, 0.6) is 5.75 Å². The third-order valence-corrected chi connectivity index (χ3v) is 7.24. The van der Waals surface area contributed by atoms with Crippen molar-refractivity contribution in [1.29, 1.82) is 0 Å². The second-order valence-corrected chi connectivity index (χ2v) is 9.34. The number of anilines is 1. The molecule has 4 rings (SSSR count). The topological polar surface area (TPSA) is 172 Å². The van der Waals surface area contributed by atoms with Gasteiger partial charge < -0.3 is 20.8 Å². The fourth-order valence-corrected chi connectivity index (χ4v) is 5.68. The molecular formula is C23H24N2O8. The molecule has 1 amide bonds. The maximum absolute atomic E-state index is 13.5. The van der Waals surface area contributed by atoms with Gasteiger partial charge in [0, 0.05) is 32.1 Å². The minimum atomic E-state index is -2.69. The Bertz CT molecular complexity index is 1170. The normalized spacial score (nSPS) is 30.9. The van der Waals surface area contributed by atoms with Crippen molar-refractivity contribution in [3.63, 3.8) is 0 Å². The van der Waals surface area contributed by atoms with Crippen LogP contribution in [0.3, 0.4) is 0 Å². The average molecular weight is 456 g/mol. The van der Waals surface area contributed by atoms with Crippen LogP contribution in [0.4, 0.5) is 5.69 Å². The quantitative estimate of drug-likeness (QED) is 0.404. The number of carbonyl (C=O) groups is 6. The van der Waals surface area contributed by atoms with Gasteiger partial charge in [0.05, 0.1) is 17.0 Å². The zero-order valence-corrected chi connectivity index (χ0v) is 18.4. The van der Waals surface area contributed by atoms with Crippen LogP contribution < -0.4 is 10.6 Å². The van der Waals surface area contributed by atoms with Crippen LogP contribution in [-0.4, -0.2) is 64.7 Å². The number of rotatable bonds is 3. The second kappa shape index (κ2) is 7.31. The summed E-state index contributed by atoms with van der Waals surface area (Å²) in [7, 11) is 3.42. The van der Waals surface area contributed by atoms with Gasteiger partial charge in [-0.15, -0.1) is 0 Å². The number of nitrogens with zero attached hydrogens (tertiary/aromatic N) is 1. The van der Waals surface area contributed by atoms with Crippen molar-refractivity contribution in [2.75, 3.05) is 19.0 Å². The smallest absolute Gasteiger partial charge is 0.235 e. The van der Waals surface area contributed by atoms with Crippen LogP contribution in [0.2, 0.25) is 0 Å². The molecule has 0 aromatic heterocycles. The molecule has 1 aromatic rings. The number of aromatic hydroxyl groups is 1. The second-order valence-electron chi connectivity index (χ2n) is 9.34. The number of Topliss-reactive ketones (excluding diaryl/α,β-unsaturated/α-hetero) is 5. The number of amides is 1. The molecule has 0 spiro atoms. The first-order valence-corrected chi connectivity index (χ1v) is 10.6. The van der Waals surface area contributed by atoms with Crippen molar-refractivity contribution in [3.05, 3.63) is 22.8 Å². The van der Waals surface area contributed by atoms with Gasteiger partial charge in [-0.1, -0.05) is 0 Å². The summed E-state index contributed by atoms with van der Waals surface area (Å²) in [6, 6.07) is 1.48. The summed E-state index contributed by atoms with van der Waals surface area (Å²) in [4.78, 5) is 77.7. The van der Waals surface area contributed by atoms with Gasteiger partial charge in [0.2, 0.25) is 5.91 Å². The Morgan fingerprint density at radius 3 is 2.30 bits per heavy atom. The summed E-state index contributed by atoms with van der Waals surface area (Å²) in [5.74, 6) is -11.4. The van der Waals surface area contributed by atoms with Gasteiger partial charge in [0.1, 0.15) is 5.75 Å². The molecule has 2 saturated carbocycles. The molecular weight excluding hydrogens is 432 g/mol. The lowest BCUT2D eigenvalue weighted by Crippen LogP contribution is -2.68. The van der Waals surface area contributed by atoms with Gasteiger partial charge in [0.25, 0.3) is 0 Å². The van der Waals surface area contributed by atoms with Crippen molar-refractivity contribution in [2.45, 2.75) is 31.8 Å². The minimum absolute atomic E-state index is 0.0170. The maximum atomic E-state index is 13.5. The first kappa shape index (κ1) is 22.8. The summed E-state index contributed by atoms with van der Waals surface area (Å²) in [6.45, 7) is 1.23. The molecule has 2 unspecified atom stereocenters. The Hall–Kier alpha value is -3.40. The number of hydrogen-bond acceptors (Lipinski definition) is 9. The van der Waals surface area contributed by atoms with E-state index in [0.29, 0.717) is 11.3 Å². The molecule has 2 fully saturated rings. The van der Waals surface area contributed by atoms with E-state index in [2.05, 4.69) is 0 Å². The third kappa shape index (κ3) is 2.97. The summed E-state index contributed by atoms with van der Waals surface area (Å²) >= 11 is 0. The number of benzene rings is 1. The Balaban J connectivity index is 1.88. The molecule has 0 radical (unpaired) electrons. The molecule has 0 aliphatic heterocycles. The van der Waals surface area contributed by atoms with Crippen LogP contribution in [0.25, 0.3) is 0 Å². The number of phenols is 1. The van der Waals surface area contributed by atoms with E-state index in [1.54, 1.807) is 19.0 Å². The van der Waals surface area contributed by atoms with E-state index in [0.717, 1.165) is 0 Å². The minimum Gasteiger partial charge on any atom is -0.506 e. The van der Waals surface area contributed by atoms with E-state index in [4.69, 9.17) is 5.73 Å². The molecule has 4 N–H and O–H groups in total. The van der Waals surface area contributed by atoms with Crippen molar-refractivity contribution < 1.29 is 39.0 Å². The molecule has 33 heavy (non-hydrogen) atoms. The molecule has 0 heterocycles. The van der Waals surface area contributed by atoms with E-state index >= 15 is 0 Å². The summed E-state index contributed by atoms with van der Waals surface area (Å²) in [5.41, 5.74) is 3.18. The van der Waals surface area contributed by atoms with E-state index in [1.165, 1.54) is 13.0 Å². The highest BCUT2D eigenvalue weighted by atomic mass is 16.3. The average Bonchev–Trinajstić information content (AvgIpc) is 2.70. The third-order valence-electron chi connectivity index (χ3n) is 7.24. The number of primary amides is 1. The predicted molar refractivity (Wildman–Crippen MR) is 113 cm³/mol. The fraction of sp³-hybridized carbons (Fsp3) is 0.478. The number of ketones is 5. The molecule has 174 valence electrons. The van der Waals surface area contributed by atoms with E-state index in [9.17, 15) is 39.0 Å². The monoisotopic (exact) mass is 456 g/mol. The molecule has 0 saturated heterocycles. The van der Waals surface area contributed by atoms with Crippen molar-refractivity contribution in [3.8, 4) is 5.75 Å². The summed E-state index contributed by atoms with van der Waals surface area (Å²) in [5, 5.41) is 21.9. The van der Waals surface area contributed by atoms with Gasteiger partial charge in [0.15, 0.2) is 40.4 Å². The van der Waals surface area contributed by atoms with Crippen molar-refractivity contribution in [2.24, 2.45) is 29.4 Å². The molecule has 5 atom stereocenters. The molecule has 10 nitrogen and oxygen atoms in total. The standard InChI is InChI=1S/C23H24N2O8/c1-8(26)11-7-13(25(2)3)12-5-9-4-10-6-14(27)17(22(24)32)21(31)23(10,33)20(30)15(9)19(29)16(12)18(11)28/h7,9-10,15,17,28,33H,4-6H2,1-3H3,(H2,24,32)/t9-,10+,15?,17?,23+/m1/s1. The van der Waals surface area contributed by atoms with Crippen molar-refractivity contribution in [1.82, 2.24) is 0 Å². The highest BCUT2D eigenvalue weighted by Crippen LogP contribution is 2.51. The lowest BCUT2D eigenvalue weighted by molar-refractivity contribution is -0.175. The summed E-state index contributed by atoms with van der Waals surface area (Å²) < 4.78 is 0. The van der Waals surface area contributed by atoms with Crippen LogP contribution in [0.1, 0.15) is 46.0 Å². The molecule has 3 aliphatic carbocycles. The van der Waals surface area contributed by atoms with Crippen LogP contribution in [-0.2, 0) is 25.6 Å². The van der Waals surface area contributed by atoms with Gasteiger partial charge in [-0.05, 0) is 37.3 Å². The number of phenolic OH excluding ortho intramolecular Hbond substituents is 1. The Morgan fingerprint density at radius 2 is 1.76 bits per heavy atom. The van der Waals surface area contributed by atoms with Crippen LogP contribution in [0.15, 0.2) is 6.07 Å². The van der Waals surface area contributed by atoms with Crippen LogP contribution in [0, 0.1) is 23.7 Å². The molecule has 1 aromatic carbocycles. The van der Waals surface area contributed by atoms with Crippen molar-refractivity contribution >= 4 is 40.5 Å². The molecule has 0 bridgehead atoms. The lowest BCUT2D eigenvalue weighted by atomic mass is 9.53. The largest absolute Gasteiger partial charge is 0.506 e. The maximum Gasteiger partial charge on any atom is 0.235 e. The number of fused-ring (bicyclic) bond motifs is 3. The van der Waals surface area contributed by atoms with Gasteiger partial charge in [-0.3, -0.25) is 28.8 Å². The zero-order chi connectivity index (χ0) is 24.6. The Kier molecular flexibility index (Phi) is 5.05. The van der Waals surface area contributed by atoms with Crippen LogP contribution >= 0.6 is 0 Å². The fourth-order valence-electron chi connectivity index (χ4n) is 5.68. The van der Waals surface area contributed by atoms with E-state index < -0.39 is 69.8 Å². The summed E-state index contributed by atoms with van der Waals surface area (Å²) in [6.07, 6.45) is -0.213. The first-order chi connectivity index (χ1) is 15.3. The Labute approximate surface area is 188 Å². The number of nitrogens with two attached hydrogens (primary N) is 1. The number of hydrogen-bond donors (Lipinski definition) is 3. The highest BCUT2D eigenvalue weighted by molar-refractivity contribution is 6.31. The van der Waals surface area contributed by atoms with E-state index in [1.807, 2.05) is 0 Å². The molecule has 3 aliphatic rings. The zero-order valence-electron chi connectivity index (χ0n) is 18.4. The lowest BCUT2D eigenvalue weighted by Gasteiger charge is -2.48. The van der Waals surface area contributed by atoms with Gasteiger partial charge >= 0.3 is 0 Å². The predicted octanol–water partition coefficient (Wildman–Crippen LogP) is -0.404. The van der Waals surface area contributed by atoms with Gasteiger partial charge in [-0.25, -0.2) is 0 Å². The Morgan fingerprint density at radius 1 is 1.12 bits per heavy atom. The first-order valence-electron chi connectivity index (χ1n) is 10.6. The SMILES string of the molecule is CC(=O)c1cc(N(C)C)c2c(c1O)C(=O)C1C(=O)[C@]3(O)C(=O)C(C(N)=O)C(=O)C[C@@H]3C[C@@H]1C2. The molecule has 10 heteroatoms. The van der Waals surface area contributed by atoms with Gasteiger partial charge in [-0.2, -0.15) is 0 Å². The number of carbonyl (C=O) groups excluding carboxylic acids is 6. The van der Waals surface area contributed by atoms with E-state index in [-0.39, 0.29) is 30.4 Å². The number of aliphatic hydroxyl groups is 1.